The number of pyridine rings is 1. The summed E-state index contributed by atoms with van der Waals surface area (Å²) >= 11 is 6.14. The maximum absolute atomic E-state index is 6.14. The van der Waals surface area contributed by atoms with Gasteiger partial charge in [0.15, 0.2) is 0 Å². The van der Waals surface area contributed by atoms with E-state index in [2.05, 4.69) is 20.5 Å². The fourth-order valence-electron chi connectivity index (χ4n) is 1.86. The quantitative estimate of drug-likeness (QED) is 0.795. The molecule has 2 aromatic heterocycles. The van der Waals surface area contributed by atoms with Crippen LogP contribution in [0.4, 0.5) is 5.69 Å². The molecule has 1 aromatic carbocycles. The average Bonchev–Trinajstić information content (AvgIpc) is 2.84. The zero-order chi connectivity index (χ0) is 13.2. The van der Waals surface area contributed by atoms with Crippen LogP contribution in [0.15, 0.2) is 34.9 Å². The molecule has 19 heavy (non-hydrogen) atoms. The van der Waals surface area contributed by atoms with Crippen LogP contribution in [0.2, 0.25) is 5.02 Å². The van der Waals surface area contributed by atoms with E-state index < -0.39 is 0 Å². The molecule has 0 radical (unpaired) electrons. The highest BCUT2D eigenvalue weighted by Gasteiger charge is 2.07. The van der Waals surface area contributed by atoms with Gasteiger partial charge in [-0.3, -0.25) is 4.98 Å². The molecule has 1 N–H and O–H groups in total. The fourth-order valence-corrected chi connectivity index (χ4v) is 2.08. The summed E-state index contributed by atoms with van der Waals surface area (Å²) in [5, 5.41) is 12.5. The van der Waals surface area contributed by atoms with E-state index in [9.17, 15) is 0 Å². The Hall–Kier alpha value is -2.14. The maximum atomic E-state index is 6.14. The Morgan fingerprint density at radius 1 is 1.26 bits per heavy atom. The zero-order valence-electron chi connectivity index (χ0n) is 10.2. The van der Waals surface area contributed by atoms with Crippen molar-refractivity contribution in [3.05, 3.63) is 47.3 Å². The lowest BCUT2D eigenvalue weighted by atomic mass is 10.2. The Morgan fingerprint density at radius 2 is 2.16 bits per heavy atom. The van der Waals surface area contributed by atoms with E-state index in [4.69, 9.17) is 16.0 Å². The Labute approximate surface area is 114 Å². The summed E-state index contributed by atoms with van der Waals surface area (Å²) in [5.41, 5.74) is 1.71. The number of nitrogens with one attached hydrogen (secondary N) is 1. The van der Waals surface area contributed by atoms with Gasteiger partial charge in [-0.25, -0.2) is 0 Å². The number of nitrogens with zero attached hydrogens (tertiary/aromatic N) is 3. The molecule has 0 spiro atoms. The number of aromatic nitrogens is 3. The standard InChI is InChI=1S/C13H11ClN4O/c1-8-17-18-12(19-8)7-16-11-5-4-10(14)9-3-2-6-15-13(9)11/h2-6,16H,7H2,1H3. The number of rotatable bonds is 3. The van der Waals surface area contributed by atoms with Gasteiger partial charge in [-0.2, -0.15) is 0 Å². The third-order valence-corrected chi connectivity index (χ3v) is 3.04. The summed E-state index contributed by atoms with van der Waals surface area (Å²) < 4.78 is 5.31. The van der Waals surface area contributed by atoms with Gasteiger partial charge in [0.2, 0.25) is 11.8 Å². The van der Waals surface area contributed by atoms with Gasteiger partial charge < -0.3 is 9.73 Å². The zero-order valence-corrected chi connectivity index (χ0v) is 11.0. The second-order valence-electron chi connectivity index (χ2n) is 4.06. The molecular formula is C13H11ClN4O. The Bertz CT molecular complexity index is 725. The first-order valence-corrected chi connectivity index (χ1v) is 6.18. The van der Waals surface area contributed by atoms with Crippen LogP contribution in [-0.2, 0) is 6.54 Å². The summed E-state index contributed by atoms with van der Waals surface area (Å²) in [6.07, 6.45) is 1.74. The highest BCUT2D eigenvalue weighted by atomic mass is 35.5. The predicted octanol–water partition coefficient (Wildman–Crippen LogP) is 3.19. The van der Waals surface area contributed by atoms with Crippen molar-refractivity contribution in [2.45, 2.75) is 13.5 Å². The summed E-state index contributed by atoms with van der Waals surface area (Å²) in [4.78, 5) is 4.35. The van der Waals surface area contributed by atoms with Crippen LogP contribution in [0.25, 0.3) is 10.9 Å². The van der Waals surface area contributed by atoms with E-state index >= 15 is 0 Å². The number of anilines is 1. The lowest BCUT2D eigenvalue weighted by molar-refractivity contribution is 0.475. The van der Waals surface area contributed by atoms with Gasteiger partial charge in [0.05, 0.1) is 22.8 Å². The Morgan fingerprint density at radius 3 is 2.95 bits per heavy atom. The number of benzene rings is 1. The number of aryl methyl sites for hydroxylation is 1. The van der Waals surface area contributed by atoms with Crippen molar-refractivity contribution < 1.29 is 4.42 Å². The van der Waals surface area contributed by atoms with Gasteiger partial charge >= 0.3 is 0 Å². The summed E-state index contributed by atoms with van der Waals surface area (Å²) in [6, 6.07) is 7.53. The first-order chi connectivity index (χ1) is 9.24. The van der Waals surface area contributed by atoms with Crippen LogP contribution in [0.1, 0.15) is 11.8 Å². The van der Waals surface area contributed by atoms with E-state index in [0.29, 0.717) is 23.3 Å². The number of hydrogen-bond acceptors (Lipinski definition) is 5. The molecule has 0 aliphatic carbocycles. The molecule has 0 atom stereocenters. The summed E-state index contributed by atoms with van der Waals surface area (Å²) in [7, 11) is 0. The van der Waals surface area contributed by atoms with Crippen molar-refractivity contribution in [2.24, 2.45) is 0 Å². The molecule has 0 saturated carbocycles. The van der Waals surface area contributed by atoms with Gasteiger partial charge in [0, 0.05) is 18.5 Å². The smallest absolute Gasteiger partial charge is 0.235 e. The van der Waals surface area contributed by atoms with Crippen LogP contribution >= 0.6 is 11.6 Å². The van der Waals surface area contributed by atoms with Gasteiger partial charge in [-0.05, 0) is 24.3 Å². The van der Waals surface area contributed by atoms with Crippen molar-refractivity contribution in [1.29, 1.82) is 0 Å². The normalized spacial score (nSPS) is 10.8. The largest absolute Gasteiger partial charge is 0.424 e. The molecule has 0 unspecified atom stereocenters. The molecular weight excluding hydrogens is 264 g/mol. The average molecular weight is 275 g/mol. The van der Waals surface area contributed by atoms with Crippen molar-refractivity contribution >= 4 is 28.2 Å². The minimum atomic E-state index is 0.453. The van der Waals surface area contributed by atoms with E-state index in [1.165, 1.54) is 0 Å². The second-order valence-corrected chi connectivity index (χ2v) is 4.47. The molecule has 3 aromatic rings. The van der Waals surface area contributed by atoms with Gasteiger partial charge in [-0.1, -0.05) is 11.6 Å². The SMILES string of the molecule is Cc1nnc(CNc2ccc(Cl)c3cccnc23)o1. The summed E-state index contributed by atoms with van der Waals surface area (Å²) in [5.74, 6) is 1.09. The molecule has 0 amide bonds. The molecule has 0 aliphatic heterocycles. The minimum absolute atomic E-state index is 0.453. The fraction of sp³-hybridized carbons (Fsp3) is 0.154. The van der Waals surface area contributed by atoms with Crippen LogP contribution in [0, 0.1) is 6.92 Å². The molecule has 0 saturated heterocycles. The molecule has 3 rings (SSSR count). The molecule has 6 heteroatoms. The molecule has 2 heterocycles. The molecule has 0 bridgehead atoms. The van der Waals surface area contributed by atoms with E-state index in [1.807, 2.05) is 24.3 Å². The minimum Gasteiger partial charge on any atom is -0.424 e. The maximum Gasteiger partial charge on any atom is 0.235 e. The van der Waals surface area contributed by atoms with Gasteiger partial charge in [0.1, 0.15) is 0 Å². The number of halogens is 1. The first kappa shape index (κ1) is 11.9. The van der Waals surface area contributed by atoms with Crippen molar-refractivity contribution in [1.82, 2.24) is 15.2 Å². The molecule has 5 nitrogen and oxygen atoms in total. The molecule has 0 aliphatic rings. The number of hydrogen-bond donors (Lipinski definition) is 1. The van der Waals surface area contributed by atoms with E-state index in [-0.39, 0.29) is 0 Å². The third kappa shape index (κ3) is 2.37. The lowest BCUT2D eigenvalue weighted by Gasteiger charge is -2.08. The van der Waals surface area contributed by atoms with Crippen LogP contribution in [0.5, 0.6) is 0 Å². The van der Waals surface area contributed by atoms with Gasteiger partial charge in [-0.15, -0.1) is 10.2 Å². The van der Waals surface area contributed by atoms with Crippen LogP contribution in [-0.4, -0.2) is 15.2 Å². The van der Waals surface area contributed by atoms with Crippen LogP contribution < -0.4 is 5.32 Å². The van der Waals surface area contributed by atoms with Crippen molar-refractivity contribution in [3.8, 4) is 0 Å². The monoisotopic (exact) mass is 274 g/mol. The van der Waals surface area contributed by atoms with Gasteiger partial charge in [0.25, 0.3) is 0 Å². The van der Waals surface area contributed by atoms with Crippen molar-refractivity contribution in [3.63, 3.8) is 0 Å². The Kier molecular flexibility index (Phi) is 3.05. The first-order valence-electron chi connectivity index (χ1n) is 5.80. The number of fused-ring (bicyclic) bond motifs is 1. The van der Waals surface area contributed by atoms with E-state index in [0.717, 1.165) is 16.6 Å². The van der Waals surface area contributed by atoms with Crippen molar-refractivity contribution in [2.75, 3.05) is 5.32 Å². The molecule has 96 valence electrons. The highest BCUT2D eigenvalue weighted by Crippen LogP contribution is 2.28. The molecule has 0 fully saturated rings. The second kappa shape index (κ2) is 4.85. The third-order valence-electron chi connectivity index (χ3n) is 2.71. The topological polar surface area (TPSA) is 63.8 Å². The lowest BCUT2D eigenvalue weighted by Crippen LogP contribution is -2.01. The predicted molar refractivity (Wildman–Crippen MR) is 73.1 cm³/mol. The Balaban J connectivity index is 1.91. The van der Waals surface area contributed by atoms with Crippen LogP contribution in [0.3, 0.4) is 0 Å². The summed E-state index contributed by atoms with van der Waals surface area (Å²) in [6.45, 7) is 2.21. The van der Waals surface area contributed by atoms with E-state index in [1.54, 1.807) is 13.1 Å². The highest BCUT2D eigenvalue weighted by molar-refractivity contribution is 6.35.